The fraction of sp³-hybridized carbons (Fsp3) is 0.667. The highest BCUT2D eigenvalue weighted by molar-refractivity contribution is 7.54. The van der Waals surface area contributed by atoms with Gasteiger partial charge in [0.25, 0.3) is 0 Å². The molecule has 1 atom stereocenters. The molecule has 1 N–H and O–H groups in total. The van der Waals surface area contributed by atoms with Crippen LogP contribution in [0.4, 0.5) is 0 Å². The van der Waals surface area contributed by atoms with Crippen molar-refractivity contribution >= 4 is 13.4 Å². The molecule has 0 bridgehead atoms. The lowest BCUT2D eigenvalue weighted by molar-refractivity contribution is -0.112. The van der Waals surface area contributed by atoms with E-state index in [4.69, 9.17) is 5.11 Å². The molecule has 0 aliphatic rings. The summed E-state index contributed by atoms with van der Waals surface area (Å²) >= 11 is 0. The van der Waals surface area contributed by atoms with Gasteiger partial charge < -0.3 is 14.2 Å². The molecular formula is C9H17O5P. The van der Waals surface area contributed by atoms with Gasteiger partial charge in [0.05, 0.1) is 6.10 Å². The number of carbonyl (C=O) groups is 1. The number of hydrogen-bond acceptors (Lipinski definition) is 5. The van der Waals surface area contributed by atoms with Crippen LogP contribution in [0.3, 0.4) is 0 Å². The average Bonchev–Trinajstić information content (AvgIpc) is 2.17. The normalized spacial score (nSPS) is 14.4. The third-order valence-electron chi connectivity index (χ3n) is 1.69. The van der Waals surface area contributed by atoms with E-state index in [0.29, 0.717) is 6.42 Å². The van der Waals surface area contributed by atoms with Gasteiger partial charge in [0.2, 0.25) is 0 Å². The van der Waals surface area contributed by atoms with E-state index in [1.807, 2.05) is 0 Å². The van der Waals surface area contributed by atoms with Gasteiger partial charge >= 0.3 is 7.60 Å². The summed E-state index contributed by atoms with van der Waals surface area (Å²) in [7, 11) is -0.798. The van der Waals surface area contributed by atoms with E-state index in [9.17, 15) is 9.36 Å². The Morgan fingerprint density at radius 3 is 2.40 bits per heavy atom. The average molecular weight is 236 g/mol. The van der Waals surface area contributed by atoms with Crippen LogP contribution in [0.5, 0.6) is 0 Å². The summed E-state index contributed by atoms with van der Waals surface area (Å²) in [5, 5.41) is 8.92. The van der Waals surface area contributed by atoms with Crippen LogP contribution in [-0.4, -0.2) is 37.4 Å². The first-order chi connectivity index (χ1) is 6.93. The number of carbonyl (C=O) groups excluding carboxylic acids is 1. The van der Waals surface area contributed by atoms with E-state index in [0.717, 1.165) is 0 Å². The number of aliphatic hydroxyl groups is 1. The Morgan fingerprint density at radius 2 is 2.00 bits per heavy atom. The second-order valence-corrected chi connectivity index (χ2v) is 5.36. The van der Waals surface area contributed by atoms with Crippen molar-refractivity contribution in [2.45, 2.75) is 19.4 Å². The second-order valence-electron chi connectivity index (χ2n) is 3.09. The molecule has 1 unspecified atom stereocenters. The van der Waals surface area contributed by atoms with Crippen LogP contribution >= 0.6 is 7.60 Å². The number of ketones is 1. The van der Waals surface area contributed by atoms with Crippen LogP contribution in [-0.2, 0) is 18.4 Å². The predicted molar refractivity (Wildman–Crippen MR) is 56.9 cm³/mol. The van der Waals surface area contributed by atoms with Crippen LogP contribution in [0.1, 0.15) is 13.3 Å². The van der Waals surface area contributed by atoms with Gasteiger partial charge in [-0.3, -0.25) is 9.36 Å². The Kier molecular flexibility index (Phi) is 6.68. The van der Waals surface area contributed by atoms with Gasteiger partial charge in [-0.2, -0.15) is 0 Å². The maximum absolute atomic E-state index is 11.5. The van der Waals surface area contributed by atoms with Crippen LogP contribution < -0.4 is 0 Å². The first kappa shape index (κ1) is 14.5. The highest BCUT2D eigenvalue weighted by Crippen LogP contribution is 2.45. The molecule has 0 saturated heterocycles. The Hall–Kier alpha value is -0.480. The van der Waals surface area contributed by atoms with Gasteiger partial charge in [0, 0.05) is 14.2 Å². The molecule has 0 amide bonds. The Balaban J connectivity index is 4.14. The van der Waals surface area contributed by atoms with E-state index >= 15 is 0 Å². The quantitative estimate of drug-likeness (QED) is 0.533. The lowest BCUT2D eigenvalue weighted by atomic mass is 10.2. The molecule has 0 aromatic rings. The Bertz CT molecular complexity index is 264. The van der Waals surface area contributed by atoms with Crippen molar-refractivity contribution in [1.29, 1.82) is 0 Å². The molecule has 0 aromatic heterocycles. The number of hydrogen-bond donors (Lipinski definition) is 1. The Morgan fingerprint density at radius 1 is 1.47 bits per heavy atom. The van der Waals surface area contributed by atoms with E-state index in [-0.39, 0.29) is 11.9 Å². The van der Waals surface area contributed by atoms with Gasteiger partial charge in [-0.05, 0) is 19.4 Å². The first-order valence-electron chi connectivity index (χ1n) is 4.51. The third-order valence-corrected chi connectivity index (χ3v) is 3.50. The van der Waals surface area contributed by atoms with Crippen molar-refractivity contribution in [2.24, 2.45) is 0 Å². The minimum atomic E-state index is -3.26. The molecule has 5 nitrogen and oxygen atoms in total. The van der Waals surface area contributed by atoms with Crippen LogP contribution in [0.15, 0.2) is 12.2 Å². The summed E-state index contributed by atoms with van der Waals surface area (Å²) in [6, 6.07) is 0. The molecule has 0 fully saturated rings. The summed E-state index contributed by atoms with van der Waals surface area (Å²) in [6.07, 6.45) is 2.41. The zero-order valence-electron chi connectivity index (χ0n) is 9.17. The highest BCUT2D eigenvalue weighted by atomic mass is 31.2. The van der Waals surface area contributed by atoms with E-state index in [1.165, 1.54) is 26.4 Å². The van der Waals surface area contributed by atoms with E-state index < -0.39 is 13.7 Å². The largest absolute Gasteiger partial charge is 0.393 e. The molecule has 0 saturated carbocycles. The molecule has 0 radical (unpaired) electrons. The molecule has 15 heavy (non-hydrogen) atoms. The van der Waals surface area contributed by atoms with Gasteiger partial charge in [0.1, 0.15) is 6.16 Å². The van der Waals surface area contributed by atoms with Gasteiger partial charge in [-0.15, -0.1) is 0 Å². The third kappa shape index (κ3) is 6.57. The molecule has 0 heterocycles. The molecule has 88 valence electrons. The van der Waals surface area contributed by atoms with Crippen molar-refractivity contribution in [3.05, 3.63) is 12.2 Å². The summed E-state index contributed by atoms with van der Waals surface area (Å²) in [5.41, 5.74) is 0. The standard InChI is InChI=1S/C9H17O5P/c1-8(10)5-4-6-9(11)7-15(12,13-2)14-3/h4,6,8,10H,5,7H2,1-3H3/b6-4+. The molecule has 0 aromatic carbocycles. The highest BCUT2D eigenvalue weighted by Gasteiger charge is 2.23. The van der Waals surface area contributed by atoms with Gasteiger partial charge in [-0.25, -0.2) is 0 Å². The van der Waals surface area contributed by atoms with Gasteiger partial charge in [0.15, 0.2) is 5.78 Å². The monoisotopic (exact) mass is 236 g/mol. The summed E-state index contributed by atoms with van der Waals surface area (Å²) < 4.78 is 20.7. The second kappa shape index (κ2) is 6.90. The number of allylic oxidation sites excluding steroid dienone is 1. The van der Waals surface area contributed by atoms with Gasteiger partial charge in [-0.1, -0.05) is 6.08 Å². The number of rotatable bonds is 7. The van der Waals surface area contributed by atoms with Crippen molar-refractivity contribution in [2.75, 3.05) is 20.4 Å². The van der Waals surface area contributed by atoms with Crippen molar-refractivity contribution in [3.63, 3.8) is 0 Å². The van der Waals surface area contributed by atoms with Crippen LogP contribution in [0.2, 0.25) is 0 Å². The van der Waals surface area contributed by atoms with E-state index in [2.05, 4.69) is 9.05 Å². The minimum absolute atomic E-state index is 0.281. The summed E-state index contributed by atoms with van der Waals surface area (Å²) in [6.45, 7) is 1.62. The molecular weight excluding hydrogens is 219 g/mol. The summed E-state index contributed by atoms with van der Waals surface area (Å²) in [4.78, 5) is 11.3. The van der Waals surface area contributed by atoms with Crippen molar-refractivity contribution < 1.29 is 23.5 Å². The molecule has 0 aliphatic carbocycles. The fourth-order valence-corrected chi connectivity index (χ4v) is 1.74. The number of aliphatic hydroxyl groups excluding tert-OH is 1. The summed E-state index contributed by atoms with van der Waals surface area (Å²) in [5.74, 6) is -0.345. The lowest BCUT2D eigenvalue weighted by Crippen LogP contribution is -2.05. The molecule has 6 heteroatoms. The minimum Gasteiger partial charge on any atom is -0.393 e. The van der Waals surface area contributed by atoms with Crippen molar-refractivity contribution in [3.8, 4) is 0 Å². The maximum Gasteiger partial charge on any atom is 0.337 e. The predicted octanol–water partition coefficient (Wildman–Crippen LogP) is 1.37. The van der Waals surface area contributed by atoms with Crippen LogP contribution in [0, 0.1) is 0 Å². The zero-order valence-corrected chi connectivity index (χ0v) is 10.1. The van der Waals surface area contributed by atoms with Crippen LogP contribution in [0.25, 0.3) is 0 Å². The smallest absolute Gasteiger partial charge is 0.337 e. The lowest BCUT2D eigenvalue weighted by Gasteiger charge is -2.10. The Labute approximate surface area is 89.6 Å². The first-order valence-corrected chi connectivity index (χ1v) is 6.24. The fourth-order valence-electron chi connectivity index (χ4n) is 0.844. The zero-order chi connectivity index (χ0) is 11.9. The maximum atomic E-state index is 11.5. The molecule has 0 rings (SSSR count). The molecule has 0 aliphatic heterocycles. The SMILES string of the molecule is COP(=O)(CC(=O)/C=C/CC(C)O)OC. The van der Waals surface area contributed by atoms with Crippen molar-refractivity contribution in [1.82, 2.24) is 0 Å². The molecule has 0 spiro atoms. The van der Waals surface area contributed by atoms with E-state index in [1.54, 1.807) is 6.92 Å². The topological polar surface area (TPSA) is 72.8 Å².